The molecule has 0 aromatic rings. The Morgan fingerprint density at radius 2 is 2.09 bits per heavy atom. The Balaban J connectivity index is 2.24. The van der Waals surface area contributed by atoms with Crippen molar-refractivity contribution in [2.45, 2.75) is 32.6 Å². The lowest BCUT2D eigenvalue weighted by Crippen LogP contribution is -2.16. The van der Waals surface area contributed by atoms with Crippen LogP contribution >= 0.6 is 0 Å². The third kappa shape index (κ3) is 1.30. The van der Waals surface area contributed by atoms with Crippen molar-refractivity contribution in [3.63, 3.8) is 0 Å². The highest BCUT2D eigenvalue weighted by Crippen LogP contribution is 2.40. The van der Waals surface area contributed by atoms with E-state index in [0.29, 0.717) is 0 Å². The number of nitrogens with zero attached hydrogens (tertiary/aromatic N) is 1. The number of allylic oxidation sites excluding steroid dienone is 2. The third-order valence-electron chi connectivity index (χ3n) is 2.42. The zero-order valence-electron chi connectivity index (χ0n) is 6.93. The van der Waals surface area contributed by atoms with E-state index in [0.717, 1.165) is 24.6 Å². The summed E-state index contributed by atoms with van der Waals surface area (Å²) < 4.78 is 0. The lowest BCUT2D eigenvalue weighted by molar-refractivity contribution is 0.853. The Morgan fingerprint density at radius 1 is 1.36 bits per heavy atom. The van der Waals surface area contributed by atoms with Gasteiger partial charge in [0.25, 0.3) is 0 Å². The lowest BCUT2D eigenvalue weighted by atomic mass is 10.0. The molecule has 2 aliphatic rings. The number of nitrogens with two attached hydrogens (primary N) is 1. The highest BCUT2D eigenvalue weighted by molar-refractivity contribution is 5.82. The first-order chi connectivity index (χ1) is 5.27. The van der Waals surface area contributed by atoms with Crippen LogP contribution in [0.1, 0.15) is 32.6 Å². The minimum atomic E-state index is 0.758. The molecular formula is C9H14N2. The third-order valence-corrected chi connectivity index (χ3v) is 2.42. The van der Waals surface area contributed by atoms with Crippen LogP contribution < -0.4 is 5.73 Å². The summed E-state index contributed by atoms with van der Waals surface area (Å²) in [6, 6.07) is 0. The van der Waals surface area contributed by atoms with Gasteiger partial charge in [0.15, 0.2) is 0 Å². The first kappa shape index (κ1) is 6.89. The average molecular weight is 150 g/mol. The van der Waals surface area contributed by atoms with Crippen LogP contribution in [-0.2, 0) is 0 Å². The SMILES string of the molecule is CC1=C(C2CC2)N=C(N)CC1. The molecule has 0 bridgehead atoms. The fourth-order valence-corrected chi connectivity index (χ4v) is 1.55. The Labute approximate surface area is 67.2 Å². The van der Waals surface area contributed by atoms with Crippen LogP contribution in [0.25, 0.3) is 0 Å². The Kier molecular flexibility index (Phi) is 1.48. The minimum absolute atomic E-state index is 0.758. The fourth-order valence-electron chi connectivity index (χ4n) is 1.55. The number of hydrogen-bond donors (Lipinski definition) is 1. The largest absolute Gasteiger partial charge is 0.387 e. The van der Waals surface area contributed by atoms with Crippen LogP contribution in [-0.4, -0.2) is 5.84 Å². The monoisotopic (exact) mass is 150 g/mol. The molecule has 0 spiro atoms. The first-order valence-corrected chi connectivity index (χ1v) is 4.30. The van der Waals surface area contributed by atoms with Crippen molar-refractivity contribution in [3.05, 3.63) is 11.3 Å². The zero-order valence-corrected chi connectivity index (χ0v) is 6.93. The van der Waals surface area contributed by atoms with Crippen LogP contribution in [0.15, 0.2) is 16.3 Å². The second kappa shape index (κ2) is 2.36. The van der Waals surface area contributed by atoms with E-state index in [1.54, 1.807) is 0 Å². The van der Waals surface area contributed by atoms with Gasteiger partial charge in [-0.25, -0.2) is 4.99 Å². The minimum Gasteiger partial charge on any atom is -0.387 e. The van der Waals surface area contributed by atoms with E-state index in [2.05, 4.69) is 11.9 Å². The van der Waals surface area contributed by atoms with E-state index in [-0.39, 0.29) is 0 Å². The molecule has 0 saturated heterocycles. The van der Waals surface area contributed by atoms with E-state index >= 15 is 0 Å². The zero-order chi connectivity index (χ0) is 7.84. The molecule has 1 fully saturated rings. The van der Waals surface area contributed by atoms with E-state index in [9.17, 15) is 0 Å². The molecule has 1 aliphatic carbocycles. The molecule has 1 aliphatic heterocycles. The van der Waals surface area contributed by atoms with Crippen molar-refractivity contribution in [1.29, 1.82) is 0 Å². The van der Waals surface area contributed by atoms with Gasteiger partial charge in [-0.2, -0.15) is 0 Å². The predicted octanol–water partition coefficient (Wildman–Crippen LogP) is 1.82. The molecule has 2 heteroatoms. The van der Waals surface area contributed by atoms with Crippen molar-refractivity contribution >= 4 is 5.84 Å². The van der Waals surface area contributed by atoms with Crippen molar-refractivity contribution in [1.82, 2.24) is 0 Å². The molecule has 0 radical (unpaired) electrons. The van der Waals surface area contributed by atoms with Gasteiger partial charge in [0.05, 0.1) is 5.84 Å². The maximum absolute atomic E-state index is 5.67. The van der Waals surface area contributed by atoms with Gasteiger partial charge in [-0.3, -0.25) is 0 Å². The molecule has 0 aromatic carbocycles. The van der Waals surface area contributed by atoms with Crippen molar-refractivity contribution in [2.24, 2.45) is 16.6 Å². The quantitative estimate of drug-likeness (QED) is 0.608. The van der Waals surface area contributed by atoms with Gasteiger partial charge >= 0.3 is 0 Å². The molecule has 1 heterocycles. The number of amidine groups is 1. The Hall–Kier alpha value is -0.790. The second-order valence-electron chi connectivity index (χ2n) is 3.54. The topological polar surface area (TPSA) is 38.4 Å². The van der Waals surface area contributed by atoms with Gasteiger partial charge in [-0.1, -0.05) is 5.57 Å². The molecule has 60 valence electrons. The van der Waals surface area contributed by atoms with Crippen molar-refractivity contribution in [3.8, 4) is 0 Å². The molecule has 2 rings (SSSR count). The average Bonchev–Trinajstić information content (AvgIpc) is 2.76. The van der Waals surface area contributed by atoms with Gasteiger partial charge < -0.3 is 5.73 Å². The molecule has 2 N–H and O–H groups in total. The van der Waals surface area contributed by atoms with Crippen LogP contribution in [0.2, 0.25) is 0 Å². The molecule has 0 unspecified atom stereocenters. The molecule has 11 heavy (non-hydrogen) atoms. The summed E-state index contributed by atoms with van der Waals surface area (Å²) in [6.45, 7) is 2.18. The highest BCUT2D eigenvalue weighted by atomic mass is 14.9. The van der Waals surface area contributed by atoms with E-state index in [1.807, 2.05) is 0 Å². The van der Waals surface area contributed by atoms with Gasteiger partial charge in [0, 0.05) is 18.0 Å². The van der Waals surface area contributed by atoms with Gasteiger partial charge in [0.1, 0.15) is 0 Å². The molecule has 2 nitrogen and oxygen atoms in total. The smallest absolute Gasteiger partial charge is 0.0995 e. The molecule has 1 saturated carbocycles. The van der Waals surface area contributed by atoms with Crippen LogP contribution in [0.3, 0.4) is 0 Å². The van der Waals surface area contributed by atoms with E-state index < -0.39 is 0 Å². The van der Waals surface area contributed by atoms with Crippen LogP contribution in [0, 0.1) is 5.92 Å². The first-order valence-electron chi connectivity index (χ1n) is 4.30. The molecule has 0 amide bonds. The van der Waals surface area contributed by atoms with Gasteiger partial charge in [-0.15, -0.1) is 0 Å². The normalized spacial score (nSPS) is 25.4. The number of hydrogen-bond acceptors (Lipinski definition) is 2. The number of aliphatic imine (C=N–C) groups is 1. The van der Waals surface area contributed by atoms with Gasteiger partial charge in [-0.05, 0) is 26.2 Å². The predicted molar refractivity (Wildman–Crippen MR) is 46.3 cm³/mol. The summed E-state index contributed by atoms with van der Waals surface area (Å²) in [5.41, 5.74) is 8.43. The number of rotatable bonds is 1. The van der Waals surface area contributed by atoms with Crippen LogP contribution in [0.5, 0.6) is 0 Å². The summed E-state index contributed by atoms with van der Waals surface area (Å²) in [7, 11) is 0. The van der Waals surface area contributed by atoms with Crippen molar-refractivity contribution < 1.29 is 0 Å². The highest BCUT2D eigenvalue weighted by Gasteiger charge is 2.28. The fraction of sp³-hybridized carbons (Fsp3) is 0.667. The standard InChI is InChI=1S/C9H14N2/c1-6-2-5-8(10)11-9(6)7-3-4-7/h7H,2-5H2,1H3,(H2,10,11). The Bertz CT molecular complexity index is 234. The maximum Gasteiger partial charge on any atom is 0.0995 e. The Morgan fingerprint density at radius 3 is 2.73 bits per heavy atom. The van der Waals surface area contributed by atoms with Crippen LogP contribution in [0.4, 0.5) is 0 Å². The summed E-state index contributed by atoms with van der Waals surface area (Å²) in [6.07, 6.45) is 4.73. The summed E-state index contributed by atoms with van der Waals surface area (Å²) in [5.74, 6) is 1.59. The summed E-state index contributed by atoms with van der Waals surface area (Å²) in [4.78, 5) is 4.40. The molecule has 0 aromatic heterocycles. The van der Waals surface area contributed by atoms with Gasteiger partial charge in [0.2, 0.25) is 0 Å². The molecule has 0 atom stereocenters. The molecular weight excluding hydrogens is 136 g/mol. The second-order valence-corrected chi connectivity index (χ2v) is 3.54. The maximum atomic E-state index is 5.67. The van der Waals surface area contributed by atoms with Crippen molar-refractivity contribution in [2.75, 3.05) is 0 Å². The van der Waals surface area contributed by atoms with E-state index in [4.69, 9.17) is 5.73 Å². The lowest BCUT2D eigenvalue weighted by Gasteiger charge is -2.13. The van der Waals surface area contributed by atoms with E-state index in [1.165, 1.54) is 24.1 Å². The summed E-state index contributed by atoms with van der Waals surface area (Å²) in [5, 5.41) is 0. The summed E-state index contributed by atoms with van der Waals surface area (Å²) >= 11 is 0.